The fourth-order valence-corrected chi connectivity index (χ4v) is 2.34. The summed E-state index contributed by atoms with van der Waals surface area (Å²) in [5, 5.41) is 1.10. The van der Waals surface area contributed by atoms with Gasteiger partial charge in [-0.15, -0.1) is 11.3 Å². The molecule has 1 aromatic rings. The minimum absolute atomic E-state index is 0.123. The fraction of sp³-hybridized carbons (Fsp3) is 0.571. The van der Waals surface area contributed by atoms with E-state index >= 15 is 0 Å². The van der Waals surface area contributed by atoms with Gasteiger partial charge in [0.15, 0.2) is 0 Å². The van der Waals surface area contributed by atoms with E-state index in [1.54, 1.807) is 11.3 Å². The average Bonchev–Trinajstić information content (AvgIpc) is 2.11. The van der Waals surface area contributed by atoms with Gasteiger partial charge in [0, 0.05) is 5.41 Å². The number of nitrogens with zero attached hydrogens (tertiary/aromatic N) is 1. The number of rotatable bonds is 0. The van der Waals surface area contributed by atoms with Crippen LogP contribution in [-0.4, -0.2) is 4.98 Å². The average molecular weight is 302 g/mol. The molecule has 1 heterocycles. The van der Waals surface area contributed by atoms with Crippen LogP contribution in [0.3, 0.4) is 0 Å². The molecule has 0 aliphatic rings. The zero-order valence-electron chi connectivity index (χ0n) is 6.61. The second kappa shape index (κ2) is 3.18. The number of hydrogen-bond acceptors (Lipinski definition) is 2. The summed E-state index contributed by atoms with van der Waals surface area (Å²) < 4.78 is 1.72. The van der Waals surface area contributed by atoms with Crippen molar-refractivity contribution in [2.75, 3.05) is 0 Å². The Labute approximate surface area is 89.3 Å². The van der Waals surface area contributed by atoms with Crippen molar-refractivity contribution in [2.24, 2.45) is 0 Å². The summed E-state index contributed by atoms with van der Waals surface area (Å²) in [4.78, 5) is 4.35. The van der Waals surface area contributed by atoms with Crippen molar-refractivity contribution in [3.63, 3.8) is 0 Å². The monoisotopic (exact) mass is 301 g/mol. The maximum atomic E-state index is 5.88. The molecule has 0 aliphatic heterocycles. The molecule has 0 bridgehead atoms. The molecule has 11 heavy (non-hydrogen) atoms. The molecule has 0 saturated carbocycles. The van der Waals surface area contributed by atoms with E-state index in [2.05, 4.69) is 48.3 Å². The van der Waals surface area contributed by atoms with Crippen LogP contribution in [-0.2, 0) is 5.41 Å². The summed E-state index contributed by atoms with van der Waals surface area (Å²) in [6, 6.07) is 0. The predicted octanol–water partition coefficient (Wildman–Crippen LogP) is 3.70. The molecule has 0 fully saturated rings. The first-order chi connectivity index (χ1) is 4.91. The second-order valence-corrected chi connectivity index (χ2v) is 5.96. The third kappa shape index (κ3) is 2.29. The van der Waals surface area contributed by atoms with E-state index in [-0.39, 0.29) is 5.41 Å². The smallest absolute Gasteiger partial charge is 0.131 e. The fourth-order valence-electron chi connectivity index (χ4n) is 0.604. The first kappa shape index (κ1) is 9.74. The Hall–Kier alpha value is 0.650. The molecule has 4 heteroatoms. The number of halogens is 2. The van der Waals surface area contributed by atoms with E-state index in [1.807, 2.05) is 0 Å². The maximum Gasteiger partial charge on any atom is 0.131 e. The minimum Gasteiger partial charge on any atom is -0.233 e. The first-order valence-electron chi connectivity index (χ1n) is 3.23. The SMILES string of the molecule is CC(C)(C)c1nc(I)c(Cl)s1. The summed E-state index contributed by atoms with van der Waals surface area (Å²) in [7, 11) is 0. The third-order valence-corrected chi connectivity index (χ3v) is 4.34. The number of thiazole rings is 1. The number of hydrogen-bond donors (Lipinski definition) is 0. The highest BCUT2D eigenvalue weighted by molar-refractivity contribution is 14.1. The van der Waals surface area contributed by atoms with Gasteiger partial charge in [-0.1, -0.05) is 32.4 Å². The predicted molar refractivity (Wildman–Crippen MR) is 58.5 cm³/mol. The Bertz CT molecular complexity index is 244. The molecular weight excluding hydrogens is 293 g/mol. The van der Waals surface area contributed by atoms with E-state index in [0.29, 0.717) is 0 Å². The third-order valence-electron chi connectivity index (χ3n) is 1.19. The zero-order chi connectivity index (χ0) is 8.65. The Balaban J connectivity index is 3.08. The van der Waals surface area contributed by atoms with E-state index in [4.69, 9.17) is 11.6 Å². The summed E-state index contributed by atoms with van der Waals surface area (Å²) in [5.74, 6) is 0. The lowest BCUT2D eigenvalue weighted by atomic mass is 9.98. The van der Waals surface area contributed by atoms with Crippen LogP contribution in [0.4, 0.5) is 0 Å². The van der Waals surface area contributed by atoms with Crippen LogP contribution in [0.25, 0.3) is 0 Å². The maximum absolute atomic E-state index is 5.88. The molecule has 0 amide bonds. The Kier molecular flexibility index (Phi) is 2.82. The summed E-state index contributed by atoms with van der Waals surface area (Å²) in [6.45, 7) is 6.41. The standard InChI is InChI=1S/C7H9ClINS/c1-7(2,3)6-10-5(9)4(8)11-6/h1-3H3. The van der Waals surface area contributed by atoms with Crippen molar-refractivity contribution in [1.82, 2.24) is 4.98 Å². The van der Waals surface area contributed by atoms with Gasteiger partial charge < -0.3 is 0 Å². The Morgan fingerprint density at radius 1 is 1.45 bits per heavy atom. The Morgan fingerprint density at radius 3 is 2.18 bits per heavy atom. The molecule has 0 spiro atoms. The van der Waals surface area contributed by atoms with E-state index < -0.39 is 0 Å². The molecule has 1 nitrogen and oxygen atoms in total. The lowest BCUT2D eigenvalue weighted by molar-refractivity contribution is 0.584. The summed E-state index contributed by atoms with van der Waals surface area (Å²) >= 11 is 9.60. The Morgan fingerprint density at radius 2 is 2.00 bits per heavy atom. The summed E-state index contributed by atoms with van der Waals surface area (Å²) in [6.07, 6.45) is 0. The molecule has 1 rings (SSSR count). The highest BCUT2D eigenvalue weighted by atomic mass is 127. The first-order valence-corrected chi connectivity index (χ1v) is 5.51. The van der Waals surface area contributed by atoms with Crippen molar-refractivity contribution in [3.8, 4) is 0 Å². The normalized spacial score (nSPS) is 12.1. The van der Waals surface area contributed by atoms with E-state index in [0.717, 1.165) is 13.0 Å². The molecular formula is C7H9ClINS. The van der Waals surface area contributed by atoms with Crippen molar-refractivity contribution < 1.29 is 0 Å². The molecule has 0 saturated heterocycles. The van der Waals surface area contributed by atoms with Crippen LogP contribution < -0.4 is 0 Å². The quantitative estimate of drug-likeness (QED) is 0.666. The van der Waals surface area contributed by atoms with Crippen molar-refractivity contribution in [2.45, 2.75) is 26.2 Å². The van der Waals surface area contributed by atoms with Gasteiger partial charge in [-0.25, -0.2) is 4.98 Å². The van der Waals surface area contributed by atoms with Crippen molar-refractivity contribution >= 4 is 45.5 Å². The molecule has 0 aromatic carbocycles. The topological polar surface area (TPSA) is 12.9 Å². The van der Waals surface area contributed by atoms with Gasteiger partial charge in [0.1, 0.15) is 13.0 Å². The lowest BCUT2D eigenvalue weighted by Crippen LogP contribution is -2.10. The van der Waals surface area contributed by atoms with Crippen LogP contribution in [0.2, 0.25) is 4.34 Å². The molecule has 0 N–H and O–H groups in total. The molecule has 0 atom stereocenters. The van der Waals surface area contributed by atoms with Gasteiger partial charge in [0.05, 0.1) is 0 Å². The van der Waals surface area contributed by atoms with Crippen LogP contribution in [0.5, 0.6) is 0 Å². The lowest BCUT2D eigenvalue weighted by Gasteiger charge is -2.13. The van der Waals surface area contributed by atoms with Crippen LogP contribution in [0.15, 0.2) is 0 Å². The largest absolute Gasteiger partial charge is 0.233 e. The van der Waals surface area contributed by atoms with E-state index in [9.17, 15) is 0 Å². The van der Waals surface area contributed by atoms with E-state index in [1.165, 1.54) is 0 Å². The van der Waals surface area contributed by atoms with Crippen LogP contribution >= 0.6 is 45.5 Å². The number of aromatic nitrogens is 1. The second-order valence-electron chi connectivity index (χ2n) is 3.33. The van der Waals surface area contributed by atoms with Crippen LogP contribution in [0.1, 0.15) is 25.8 Å². The molecule has 1 aromatic heterocycles. The molecule has 62 valence electrons. The highest BCUT2D eigenvalue weighted by Gasteiger charge is 2.19. The van der Waals surface area contributed by atoms with Gasteiger partial charge in [0.2, 0.25) is 0 Å². The highest BCUT2D eigenvalue weighted by Crippen LogP contribution is 2.32. The summed E-state index contributed by atoms with van der Waals surface area (Å²) in [5.41, 5.74) is 0.123. The van der Waals surface area contributed by atoms with Gasteiger partial charge in [-0.05, 0) is 22.6 Å². The minimum atomic E-state index is 0.123. The van der Waals surface area contributed by atoms with Crippen molar-refractivity contribution in [3.05, 3.63) is 13.0 Å². The zero-order valence-corrected chi connectivity index (χ0v) is 10.3. The molecule has 0 aliphatic carbocycles. The van der Waals surface area contributed by atoms with Gasteiger partial charge >= 0.3 is 0 Å². The van der Waals surface area contributed by atoms with Gasteiger partial charge in [-0.3, -0.25) is 0 Å². The van der Waals surface area contributed by atoms with Gasteiger partial charge in [-0.2, -0.15) is 0 Å². The molecule has 0 unspecified atom stereocenters. The van der Waals surface area contributed by atoms with Gasteiger partial charge in [0.25, 0.3) is 0 Å². The van der Waals surface area contributed by atoms with Crippen LogP contribution in [0, 0.1) is 3.70 Å². The molecule has 0 radical (unpaired) electrons. The van der Waals surface area contributed by atoms with Crippen molar-refractivity contribution in [1.29, 1.82) is 0 Å².